The van der Waals surface area contributed by atoms with Crippen LogP contribution in [0.15, 0.2) is 24.4 Å². The molecule has 2 aromatic rings. The molecule has 0 bridgehead atoms. The minimum absolute atomic E-state index is 0.226. The van der Waals surface area contributed by atoms with E-state index >= 15 is 0 Å². The SMILES string of the molecule is COCCCOc1cccc2cn(C[C@H](NC(=O)O)C(C)(C)C)nc12. The average Bonchev–Trinajstić information content (AvgIpc) is 2.93. The fourth-order valence-electron chi connectivity index (χ4n) is 2.54. The first-order valence-electron chi connectivity index (χ1n) is 8.38. The summed E-state index contributed by atoms with van der Waals surface area (Å²) in [5.74, 6) is 0.728. The Labute approximate surface area is 147 Å². The van der Waals surface area contributed by atoms with Crippen LogP contribution in [-0.2, 0) is 11.3 Å². The van der Waals surface area contributed by atoms with Gasteiger partial charge in [-0.3, -0.25) is 4.68 Å². The van der Waals surface area contributed by atoms with Crippen molar-refractivity contribution < 1.29 is 19.4 Å². The van der Waals surface area contributed by atoms with E-state index in [2.05, 4.69) is 10.4 Å². The second-order valence-corrected chi connectivity index (χ2v) is 7.11. The number of fused-ring (bicyclic) bond motifs is 1. The molecule has 0 unspecified atom stereocenters. The summed E-state index contributed by atoms with van der Waals surface area (Å²) in [6.45, 7) is 7.67. The molecule has 0 saturated carbocycles. The number of carbonyl (C=O) groups is 1. The third-order valence-corrected chi connectivity index (χ3v) is 4.01. The summed E-state index contributed by atoms with van der Waals surface area (Å²) in [5.41, 5.74) is 0.554. The molecule has 2 rings (SSSR count). The van der Waals surface area contributed by atoms with Crippen LogP contribution < -0.4 is 10.1 Å². The first kappa shape index (κ1) is 19.1. The maximum atomic E-state index is 11.1. The fourth-order valence-corrected chi connectivity index (χ4v) is 2.54. The van der Waals surface area contributed by atoms with E-state index in [9.17, 15) is 4.79 Å². The Morgan fingerprint density at radius 1 is 1.36 bits per heavy atom. The lowest BCUT2D eigenvalue weighted by atomic mass is 9.87. The molecule has 0 saturated heterocycles. The van der Waals surface area contributed by atoms with Crippen molar-refractivity contribution in [2.24, 2.45) is 5.41 Å². The van der Waals surface area contributed by atoms with Crippen LogP contribution in [0, 0.1) is 5.41 Å². The highest BCUT2D eigenvalue weighted by Gasteiger charge is 2.27. The molecule has 138 valence electrons. The Morgan fingerprint density at radius 2 is 2.12 bits per heavy atom. The van der Waals surface area contributed by atoms with Gasteiger partial charge in [0.05, 0.1) is 19.2 Å². The van der Waals surface area contributed by atoms with Gasteiger partial charge < -0.3 is 19.9 Å². The van der Waals surface area contributed by atoms with E-state index in [1.807, 2.05) is 45.2 Å². The average molecular weight is 349 g/mol. The Kier molecular flexibility index (Phi) is 6.25. The normalized spacial score (nSPS) is 13.0. The lowest BCUT2D eigenvalue weighted by molar-refractivity contribution is 0.168. The predicted octanol–water partition coefficient (Wildman–Crippen LogP) is 3.13. The summed E-state index contributed by atoms with van der Waals surface area (Å²) in [4.78, 5) is 11.1. The number of carboxylic acid groups (broad SMARTS) is 1. The molecule has 1 heterocycles. The molecule has 0 aliphatic carbocycles. The maximum absolute atomic E-state index is 11.1. The van der Waals surface area contributed by atoms with Gasteiger partial charge in [0.2, 0.25) is 0 Å². The number of hydrogen-bond acceptors (Lipinski definition) is 4. The van der Waals surface area contributed by atoms with Gasteiger partial charge in [0.1, 0.15) is 11.3 Å². The van der Waals surface area contributed by atoms with Crippen LogP contribution in [0.1, 0.15) is 27.2 Å². The quantitative estimate of drug-likeness (QED) is 0.715. The minimum Gasteiger partial charge on any atom is -0.491 e. The highest BCUT2D eigenvalue weighted by Crippen LogP contribution is 2.26. The molecule has 0 spiro atoms. The molecular weight excluding hydrogens is 322 g/mol. The number of rotatable bonds is 8. The molecule has 1 aromatic heterocycles. The molecule has 0 radical (unpaired) electrons. The number of nitrogens with one attached hydrogen (secondary N) is 1. The van der Waals surface area contributed by atoms with E-state index in [-0.39, 0.29) is 11.5 Å². The van der Waals surface area contributed by atoms with Gasteiger partial charge in [0, 0.05) is 31.7 Å². The van der Waals surface area contributed by atoms with Crippen molar-refractivity contribution in [2.45, 2.75) is 39.8 Å². The molecule has 25 heavy (non-hydrogen) atoms. The van der Waals surface area contributed by atoms with Crippen LogP contribution in [0.4, 0.5) is 4.79 Å². The maximum Gasteiger partial charge on any atom is 0.404 e. The molecule has 1 aromatic carbocycles. The third kappa shape index (κ3) is 5.35. The van der Waals surface area contributed by atoms with Crippen LogP contribution in [-0.4, -0.2) is 47.3 Å². The summed E-state index contributed by atoms with van der Waals surface area (Å²) in [7, 11) is 1.67. The Hall–Kier alpha value is -2.28. The first-order chi connectivity index (χ1) is 11.8. The van der Waals surface area contributed by atoms with Gasteiger partial charge in [-0.25, -0.2) is 4.79 Å². The lowest BCUT2D eigenvalue weighted by Gasteiger charge is -2.30. The highest BCUT2D eigenvalue weighted by atomic mass is 16.5. The number of benzene rings is 1. The number of ether oxygens (including phenoxy) is 2. The smallest absolute Gasteiger partial charge is 0.404 e. The molecule has 2 N–H and O–H groups in total. The van der Waals surface area contributed by atoms with Crippen molar-refractivity contribution in [1.29, 1.82) is 0 Å². The number of nitrogens with zero attached hydrogens (tertiary/aromatic N) is 2. The van der Waals surface area contributed by atoms with E-state index in [1.54, 1.807) is 11.8 Å². The standard InChI is InChI=1S/C18H27N3O4/c1-18(2,3)15(19-17(22)23)12-21-11-13-7-5-8-14(16(13)20-21)25-10-6-9-24-4/h5,7-8,11,15,19H,6,9-10,12H2,1-4H3,(H,22,23)/t15-/m0/s1. The van der Waals surface area contributed by atoms with Crippen LogP contribution in [0.2, 0.25) is 0 Å². The van der Waals surface area contributed by atoms with Gasteiger partial charge >= 0.3 is 6.09 Å². The lowest BCUT2D eigenvalue weighted by Crippen LogP contribution is -2.45. The van der Waals surface area contributed by atoms with Gasteiger partial charge in [0.15, 0.2) is 0 Å². The topological polar surface area (TPSA) is 85.6 Å². The monoisotopic (exact) mass is 349 g/mol. The number of aromatic nitrogens is 2. The van der Waals surface area contributed by atoms with E-state index in [1.165, 1.54) is 0 Å². The first-order valence-corrected chi connectivity index (χ1v) is 8.38. The molecule has 1 atom stereocenters. The molecule has 0 aliphatic heterocycles. The summed E-state index contributed by atoms with van der Waals surface area (Å²) in [6, 6.07) is 5.53. The van der Waals surface area contributed by atoms with Gasteiger partial charge in [0.25, 0.3) is 0 Å². The zero-order valence-corrected chi connectivity index (χ0v) is 15.3. The minimum atomic E-state index is -1.03. The van der Waals surface area contributed by atoms with Crippen LogP contribution >= 0.6 is 0 Å². The van der Waals surface area contributed by atoms with Crippen molar-refractivity contribution >= 4 is 17.0 Å². The van der Waals surface area contributed by atoms with Crippen molar-refractivity contribution in [3.63, 3.8) is 0 Å². The third-order valence-electron chi connectivity index (χ3n) is 4.01. The second kappa shape index (κ2) is 8.20. The van der Waals surface area contributed by atoms with Crippen LogP contribution in [0.25, 0.3) is 10.9 Å². The Balaban J connectivity index is 2.17. The number of amides is 1. The zero-order chi connectivity index (χ0) is 18.4. The van der Waals surface area contributed by atoms with E-state index in [0.29, 0.717) is 19.8 Å². The van der Waals surface area contributed by atoms with Gasteiger partial charge in [-0.1, -0.05) is 32.9 Å². The number of methoxy groups -OCH3 is 1. The molecule has 7 nitrogen and oxygen atoms in total. The Morgan fingerprint density at radius 3 is 2.76 bits per heavy atom. The summed E-state index contributed by atoms with van der Waals surface area (Å²) in [6.07, 6.45) is 1.70. The molecule has 0 fully saturated rings. The van der Waals surface area contributed by atoms with Crippen molar-refractivity contribution in [3.8, 4) is 5.75 Å². The molecule has 0 aliphatic rings. The summed E-state index contributed by atoms with van der Waals surface area (Å²) < 4.78 is 12.6. The molecular formula is C18H27N3O4. The fraction of sp³-hybridized carbons (Fsp3) is 0.556. The zero-order valence-electron chi connectivity index (χ0n) is 15.3. The van der Waals surface area contributed by atoms with Crippen molar-refractivity contribution in [3.05, 3.63) is 24.4 Å². The summed E-state index contributed by atoms with van der Waals surface area (Å²) in [5, 5.41) is 17.2. The molecule has 1 amide bonds. The highest BCUT2D eigenvalue weighted by molar-refractivity contribution is 5.84. The van der Waals surface area contributed by atoms with E-state index < -0.39 is 6.09 Å². The molecule has 7 heteroatoms. The number of hydrogen-bond donors (Lipinski definition) is 2. The van der Waals surface area contributed by atoms with Gasteiger partial charge in [-0.15, -0.1) is 0 Å². The van der Waals surface area contributed by atoms with Crippen molar-refractivity contribution in [1.82, 2.24) is 15.1 Å². The van der Waals surface area contributed by atoms with Gasteiger partial charge in [-0.2, -0.15) is 5.10 Å². The van der Waals surface area contributed by atoms with Crippen molar-refractivity contribution in [2.75, 3.05) is 20.3 Å². The Bertz CT molecular complexity index is 706. The van der Waals surface area contributed by atoms with Gasteiger partial charge in [-0.05, 0) is 11.5 Å². The predicted molar refractivity (Wildman–Crippen MR) is 96.1 cm³/mol. The van der Waals surface area contributed by atoms with Crippen LogP contribution in [0.3, 0.4) is 0 Å². The second-order valence-electron chi connectivity index (χ2n) is 7.11. The summed E-state index contributed by atoms with van der Waals surface area (Å²) >= 11 is 0. The largest absolute Gasteiger partial charge is 0.491 e. The van der Waals surface area contributed by atoms with E-state index in [4.69, 9.17) is 14.6 Å². The van der Waals surface area contributed by atoms with Crippen LogP contribution in [0.5, 0.6) is 5.75 Å². The van der Waals surface area contributed by atoms with E-state index in [0.717, 1.165) is 23.1 Å².